The SMILES string of the molecule is Cc1ccc2[nH]c([CH]CC(N)=O)nc2c1. The van der Waals surface area contributed by atoms with Crippen molar-refractivity contribution in [3.05, 3.63) is 36.0 Å². The van der Waals surface area contributed by atoms with Gasteiger partial charge in [0.2, 0.25) is 5.91 Å². The largest absolute Gasteiger partial charge is 0.370 e. The number of benzene rings is 1. The molecule has 0 spiro atoms. The van der Waals surface area contributed by atoms with E-state index in [0.29, 0.717) is 5.82 Å². The lowest BCUT2D eigenvalue weighted by Crippen LogP contribution is -2.10. The molecule has 0 unspecified atom stereocenters. The van der Waals surface area contributed by atoms with Crippen molar-refractivity contribution in [2.45, 2.75) is 13.3 Å². The lowest BCUT2D eigenvalue weighted by atomic mass is 10.2. The van der Waals surface area contributed by atoms with Crippen molar-refractivity contribution in [2.24, 2.45) is 5.73 Å². The minimum atomic E-state index is -0.355. The van der Waals surface area contributed by atoms with Crippen molar-refractivity contribution in [1.29, 1.82) is 0 Å². The fraction of sp³-hybridized carbons (Fsp3) is 0.182. The highest BCUT2D eigenvalue weighted by atomic mass is 16.1. The zero-order chi connectivity index (χ0) is 10.8. The van der Waals surface area contributed by atoms with Crippen molar-refractivity contribution in [3.8, 4) is 0 Å². The Morgan fingerprint density at radius 2 is 2.40 bits per heavy atom. The van der Waals surface area contributed by atoms with Crippen LogP contribution in [0.25, 0.3) is 11.0 Å². The number of nitrogens with zero attached hydrogens (tertiary/aromatic N) is 1. The van der Waals surface area contributed by atoms with E-state index in [4.69, 9.17) is 5.73 Å². The first-order valence-corrected chi connectivity index (χ1v) is 4.73. The van der Waals surface area contributed by atoms with Crippen LogP contribution < -0.4 is 5.73 Å². The number of hydrogen-bond acceptors (Lipinski definition) is 2. The van der Waals surface area contributed by atoms with E-state index in [0.717, 1.165) is 16.6 Å². The van der Waals surface area contributed by atoms with Gasteiger partial charge in [-0.05, 0) is 24.6 Å². The molecule has 15 heavy (non-hydrogen) atoms. The first-order valence-electron chi connectivity index (χ1n) is 4.73. The minimum Gasteiger partial charge on any atom is -0.370 e. The Kier molecular flexibility index (Phi) is 2.41. The highest BCUT2D eigenvalue weighted by molar-refractivity contribution is 5.78. The Morgan fingerprint density at radius 1 is 1.60 bits per heavy atom. The molecule has 1 aromatic heterocycles. The molecule has 0 bridgehead atoms. The maximum absolute atomic E-state index is 10.6. The fourth-order valence-electron chi connectivity index (χ4n) is 1.43. The molecule has 0 fully saturated rings. The second-order valence-corrected chi connectivity index (χ2v) is 3.52. The maximum atomic E-state index is 10.6. The summed E-state index contributed by atoms with van der Waals surface area (Å²) in [4.78, 5) is 18.0. The van der Waals surface area contributed by atoms with Crippen LogP contribution in [0.1, 0.15) is 17.8 Å². The van der Waals surface area contributed by atoms with Crippen LogP contribution in [0.15, 0.2) is 18.2 Å². The predicted molar refractivity (Wildman–Crippen MR) is 58.0 cm³/mol. The Bertz CT molecular complexity index is 502. The summed E-state index contributed by atoms with van der Waals surface area (Å²) in [6.45, 7) is 2.01. The van der Waals surface area contributed by atoms with Gasteiger partial charge in [0.15, 0.2) is 0 Å². The monoisotopic (exact) mass is 202 g/mol. The number of nitrogens with one attached hydrogen (secondary N) is 1. The van der Waals surface area contributed by atoms with Gasteiger partial charge in [-0.25, -0.2) is 4.98 Å². The molecule has 2 aromatic rings. The van der Waals surface area contributed by atoms with Crippen LogP contribution in [0, 0.1) is 13.3 Å². The van der Waals surface area contributed by atoms with Gasteiger partial charge >= 0.3 is 0 Å². The van der Waals surface area contributed by atoms with E-state index >= 15 is 0 Å². The van der Waals surface area contributed by atoms with Crippen LogP contribution in [0.2, 0.25) is 0 Å². The zero-order valence-electron chi connectivity index (χ0n) is 8.45. The summed E-state index contributed by atoms with van der Waals surface area (Å²) in [5.74, 6) is 0.334. The summed E-state index contributed by atoms with van der Waals surface area (Å²) in [5, 5.41) is 0. The highest BCUT2D eigenvalue weighted by Gasteiger charge is 2.04. The number of carbonyl (C=O) groups is 1. The Labute approximate surface area is 87.5 Å². The first-order chi connectivity index (χ1) is 7.15. The molecule has 0 atom stereocenters. The molecule has 1 aromatic carbocycles. The first kappa shape index (κ1) is 9.71. The standard InChI is InChI=1S/C11H12N3O/c1-7-2-3-8-9(6-7)14-11(13-8)5-4-10(12)15/h2-3,5-6H,4H2,1H3,(H2,12,15)(H,13,14). The third kappa shape index (κ3) is 2.15. The third-order valence-corrected chi connectivity index (χ3v) is 2.15. The number of rotatable bonds is 3. The molecule has 0 saturated carbocycles. The molecule has 0 aliphatic heterocycles. The summed E-state index contributed by atoms with van der Waals surface area (Å²) >= 11 is 0. The molecular formula is C11H12N3O. The fourth-order valence-corrected chi connectivity index (χ4v) is 1.43. The number of aromatic nitrogens is 2. The van der Waals surface area contributed by atoms with Crippen molar-refractivity contribution in [2.75, 3.05) is 0 Å². The molecule has 3 N–H and O–H groups in total. The van der Waals surface area contributed by atoms with Gasteiger partial charge in [0.25, 0.3) is 0 Å². The lowest BCUT2D eigenvalue weighted by molar-refractivity contribution is -0.117. The number of imidazole rings is 1. The Morgan fingerprint density at radius 3 is 3.13 bits per heavy atom. The van der Waals surface area contributed by atoms with E-state index in [1.54, 1.807) is 6.42 Å². The lowest BCUT2D eigenvalue weighted by Gasteiger charge is -1.90. The van der Waals surface area contributed by atoms with Crippen molar-refractivity contribution in [3.63, 3.8) is 0 Å². The number of aryl methyl sites for hydroxylation is 1. The van der Waals surface area contributed by atoms with Crippen molar-refractivity contribution >= 4 is 16.9 Å². The van der Waals surface area contributed by atoms with Crippen LogP contribution in [0.4, 0.5) is 0 Å². The van der Waals surface area contributed by atoms with Gasteiger partial charge in [-0.1, -0.05) is 6.07 Å². The normalized spacial score (nSPS) is 10.7. The summed E-state index contributed by atoms with van der Waals surface area (Å²) < 4.78 is 0. The third-order valence-electron chi connectivity index (χ3n) is 2.15. The average Bonchev–Trinajstić information content (AvgIpc) is 2.56. The van der Waals surface area contributed by atoms with E-state index in [1.807, 2.05) is 25.1 Å². The molecular weight excluding hydrogens is 190 g/mol. The smallest absolute Gasteiger partial charge is 0.218 e. The highest BCUT2D eigenvalue weighted by Crippen LogP contribution is 2.14. The van der Waals surface area contributed by atoms with Gasteiger partial charge in [0, 0.05) is 12.8 Å². The zero-order valence-corrected chi connectivity index (χ0v) is 8.45. The maximum Gasteiger partial charge on any atom is 0.218 e. The summed E-state index contributed by atoms with van der Waals surface area (Å²) in [6, 6.07) is 5.98. The molecule has 77 valence electrons. The summed E-state index contributed by atoms with van der Waals surface area (Å²) in [5.41, 5.74) is 8.09. The molecule has 1 radical (unpaired) electrons. The van der Waals surface area contributed by atoms with E-state index in [-0.39, 0.29) is 12.3 Å². The second kappa shape index (κ2) is 3.73. The predicted octanol–water partition coefficient (Wildman–Crippen LogP) is 1.30. The molecule has 1 amide bonds. The van der Waals surface area contributed by atoms with Gasteiger partial charge in [-0.15, -0.1) is 0 Å². The minimum absolute atomic E-state index is 0.207. The van der Waals surface area contributed by atoms with Gasteiger partial charge in [-0.3, -0.25) is 4.79 Å². The topological polar surface area (TPSA) is 71.8 Å². The number of aromatic amines is 1. The van der Waals surface area contributed by atoms with Gasteiger partial charge in [-0.2, -0.15) is 0 Å². The molecule has 0 aliphatic carbocycles. The second-order valence-electron chi connectivity index (χ2n) is 3.52. The van der Waals surface area contributed by atoms with E-state index in [1.165, 1.54) is 0 Å². The van der Waals surface area contributed by atoms with Gasteiger partial charge in [0.1, 0.15) is 5.82 Å². The van der Waals surface area contributed by atoms with Gasteiger partial charge in [0.05, 0.1) is 11.0 Å². The number of hydrogen-bond donors (Lipinski definition) is 2. The van der Waals surface area contributed by atoms with Gasteiger partial charge < -0.3 is 10.7 Å². The number of nitrogens with two attached hydrogens (primary N) is 1. The molecule has 2 rings (SSSR count). The van der Waals surface area contributed by atoms with E-state index < -0.39 is 0 Å². The van der Waals surface area contributed by atoms with Crippen LogP contribution in [0.5, 0.6) is 0 Å². The van der Waals surface area contributed by atoms with E-state index in [9.17, 15) is 4.79 Å². The number of amides is 1. The Hall–Kier alpha value is -1.84. The number of primary amides is 1. The number of fused-ring (bicyclic) bond motifs is 1. The van der Waals surface area contributed by atoms with E-state index in [2.05, 4.69) is 9.97 Å². The number of carbonyl (C=O) groups excluding carboxylic acids is 1. The van der Waals surface area contributed by atoms with Crippen molar-refractivity contribution < 1.29 is 4.79 Å². The molecule has 0 aliphatic rings. The summed E-state index contributed by atoms with van der Waals surface area (Å²) in [6.07, 6.45) is 1.90. The van der Waals surface area contributed by atoms with Crippen LogP contribution >= 0.6 is 0 Å². The average molecular weight is 202 g/mol. The van der Waals surface area contributed by atoms with Crippen LogP contribution in [0.3, 0.4) is 0 Å². The number of H-pyrrole nitrogens is 1. The van der Waals surface area contributed by atoms with Crippen LogP contribution in [-0.4, -0.2) is 15.9 Å². The summed E-state index contributed by atoms with van der Waals surface area (Å²) in [7, 11) is 0. The Balaban J connectivity index is 2.27. The molecule has 1 heterocycles. The molecule has 0 saturated heterocycles. The van der Waals surface area contributed by atoms with Crippen LogP contribution in [-0.2, 0) is 4.79 Å². The quantitative estimate of drug-likeness (QED) is 0.787. The molecule has 4 nitrogen and oxygen atoms in total. The van der Waals surface area contributed by atoms with Crippen molar-refractivity contribution in [1.82, 2.24) is 9.97 Å². The molecule has 4 heteroatoms.